The van der Waals surface area contributed by atoms with E-state index in [1.165, 1.54) is 47.0 Å². The normalized spacial score (nSPS) is 21.0. The molecule has 2 aliphatic heterocycles. The molecule has 16 nitrogen and oxygen atoms in total. The molecule has 2 saturated heterocycles. The van der Waals surface area contributed by atoms with Crippen LogP contribution in [0.25, 0.3) is 11.0 Å². The van der Waals surface area contributed by atoms with Gasteiger partial charge in [-0.3, -0.25) is 19.2 Å². The third kappa shape index (κ3) is 5.58. The fourth-order valence-corrected chi connectivity index (χ4v) is 7.09. The van der Waals surface area contributed by atoms with E-state index in [-0.39, 0.29) is 16.7 Å². The SMILES string of the molecule is COC(=O)Oc1cccc2c(=O)n([C@@H](CO)C(=O)N[C@@H](C(=O)N[C@@H]3C(=O)N4C3SC(C)(C)C4C(=O)O)c3ccccc3)c(=O)oc12. The van der Waals surface area contributed by atoms with Gasteiger partial charge in [0.2, 0.25) is 17.7 Å². The molecule has 0 radical (unpaired) electrons. The van der Waals surface area contributed by atoms with E-state index in [0.717, 1.165) is 7.11 Å². The fourth-order valence-electron chi connectivity index (χ4n) is 5.47. The Morgan fingerprint density at radius 3 is 2.37 bits per heavy atom. The molecule has 46 heavy (non-hydrogen) atoms. The van der Waals surface area contributed by atoms with Crippen molar-refractivity contribution in [1.29, 1.82) is 0 Å². The minimum atomic E-state index is -1.87. The zero-order chi connectivity index (χ0) is 33.5. The maximum Gasteiger partial charge on any atom is 0.513 e. The minimum absolute atomic E-state index is 0.263. The highest BCUT2D eigenvalue weighted by Gasteiger charge is 2.64. The Bertz CT molecular complexity index is 1860. The second-order valence-electron chi connectivity index (χ2n) is 10.9. The van der Waals surface area contributed by atoms with Crippen molar-refractivity contribution in [2.24, 2.45) is 0 Å². The topological polar surface area (TPSA) is 224 Å². The van der Waals surface area contributed by atoms with Crippen LogP contribution in [0, 0.1) is 0 Å². The number of fused-ring (bicyclic) bond motifs is 2. The number of carboxylic acids is 1. The van der Waals surface area contributed by atoms with Gasteiger partial charge in [-0.25, -0.2) is 19.0 Å². The van der Waals surface area contributed by atoms with Gasteiger partial charge in [0.25, 0.3) is 5.56 Å². The summed E-state index contributed by atoms with van der Waals surface area (Å²) >= 11 is 1.22. The van der Waals surface area contributed by atoms with Crippen LogP contribution in [0.15, 0.2) is 62.5 Å². The maximum absolute atomic E-state index is 13.6. The summed E-state index contributed by atoms with van der Waals surface area (Å²) in [6.45, 7) is 2.30. The summed E-state index contributed by atoms with van der Waals surface area (Å²) < 4.78 is 14.1. The summed E-state index contributed by atoms with van der Waals surface area (Å²) in [5, 5.41) is 23.9. The molecular weight excluding hydrogens is 628 g/mol. The number of hydrogen-bond acceptors (Lipinski definition) is 12. The number of aromatic nitrogens is 1. The van der Waals surface area contributed by atoms with Crippen LogP contribution in [0.3, 0.4) is 0 Å². The van der Waals surface area contributed by atoms with Gasteiger partial charge in [0, 0.05) is 4.75 Å². The number of para-hydroxylation sites is 1. The molecular formula is C29H28N4O12S. The first kappa shape index (κ1) is 32.2. The standard InChI is InChI=1S/C29H28N4O12S/c1-29(2)20(26(39)40)33-24(38)18(25(33)46-29)31-22(36)17(13-8-5-4-6-9-13)30-21(35)15(12-34)32-23(37)14-10-7-11-16(44-28(42)43-3)19(14)45-27(32)41/h4-11,15,17-18,20,25,34H,12H2,1-3H3,(H,30,35)(H,31,36)(H,39,40)/t15-,17+,18+,20?,25?/m0/s1. The first-order chi connectivity index (χ1) is 21.8. The number of benzene rings is 2. The number of carboxylic acid groups (broad SMARTS) is 1. The van der Waals surface area contributed by atoms with Crippen LogP contribution in [-0.2, 0) is 23.9 Å². The van der Waals surface area contributed by atoms with Gasteiger partial charge in [0.05, 0.1) is 19.1 Å². The largest absolute Gasteiger partial charge is 0.513 e. The quantitative estimate of drug-likeness (QED) is 0.137. The Morgan fingerprint density at radius 1 is 1.04 bits per heavy atom. The summed E-state index contributed by atoms with van der Waals surface area (Å²) in [7, 11) is 1.05. The predicted molar refractivity (Wildman–Crippen MR) is 159 cm³/mol. The highest BCUT2D eigenvalue weighted by atomic mass is 32.2. The van der Waals surface area contributed by atoms with Crippen molar-refractivity contribution in [3.63, 3.8) is 0 Å². The molecule has 1 aromatic heterocycles. The average molecular weight is 657 g/mol. The number of thioether (sulfide) groups is 1. The molecule has 0 saturated carbocycles. The number of methoxy groups -OCH3 is 1. The number of β-lactam (4-membered cyclic amide) rings is 1. The summed E-state index contributed by atoms with van der Waals surface area (Å²) in [6.07, 6.45) is -1.15. The number of nitrogens with one attached hydrogen (secondary N) is 2. The first-order valence-electron chi connectivity index (χ1n) is 13.7. The number of amides is 3. The summed E-state index contributed by atoms with van der Waals surface area (Å²) in [5.41, 5.74) is -1.21. The second kappa shape index (κ2) is 12.3. The molecule has 2 fully saturated rings. The number of hydrogen-bond donors (Lipinski definition) is 4. The average Bonchev–Trinajstić information content (AvgIpc) is 3.28. The van der Waals surface area contributed by atoms with Gasteiger partial charge in [0.1, 0.15) is 29.5 Å². The molecule has 3 aromatic rings. The highest BCUT2D eigenvalue weighted by Crippen LogP contribution is 2.50. The molecule has 0 aliphatic carbocycles. The lowest BCUT2D eigenvalue weighted by atomic mass is 9.95. The molecule has 3 amide bonds. The Morgan fingerprint density at radius 2 is 1.74 bits per heavy atom. The molecule has 17 heteroatoms. The van der Waals surface area contributed by atoms with E-state index in [1.54, 1.807) is 32.0 Å². The molecule has 5 rings (SSSR count). The van der Waals surface area contributed by atoms with Gasteiger partial charge < -0.3 is 39.6 Å². The lowest BCUT2D eigenvalue weighted by molar-refractivity contribution is -0.161. The van der Waals surface area contributed by atoms with Crippen LogP contribution < -0.4 is 26.7 Å². The fraction of sp³-hybridized carbons (Fsp3) is 0.345. The number of carbonyl (C=O) groups excluding carboxylic acids is 4. The zero-order valence-corrected chi connectivity index (χ0v) is 25.3. The van der Waals surface area contributed by atoms with E-state index in [1.807, 2.05) is 0 Å². The van der Waals surface area contributed by atoms with Crippen molar-refractivity contribution < 1.29 is 48.1 Å². The first-order valence-corrected chi connectivity index (χ1v) is 14.6. The van der Waals surface area contributed by atoms with Crippen LogP contribution in [0.2, 0.25) is 0 Å². The van der Waals surface area contributed by atoms with Crippen molar-refractivity contribution in [2.45, 2.75) is 48.1 Å². The molecule has 4 N–H and O–H groups in total. The van der Waals surface area contributed by atoms with E-state index in [0.29, 0.717) is 4.57 Å². The summed E-state index contributed by atoms with van der Waals surface area (Å²) in [4.78, 5) is 91.2. The number of aliphatic hydroxyl groups excluding tert-OH is 1. The maximum atomic E-state index is 13.6. The van der Waals surface area contributed by atoms with Crippen molar-refractivity contribution >= 4 is 52.6 Å². The Balaban J connectivity index is 1.43. The van der Waals surface area contributed by atoms with Crippen LogP contribution >= 0.6 is 11.8 Å². The van der Waals surface area contributed by atoms with E-state index < -0.39 is 87.6 Å². The van der Waals surface area contributed by atoms with E-state index in [4.69, 9.17) is 9.15 Å². The number of carbonyl (C=O) groups is 5. The third-order valence-corrected chi connectivity index (χ3v) is 9.19. The summed E-state index contributed by atoms with van der Waals surface area (Å²) in [5.74, 6) is -5.42. The van der Waals surface area contributed by atoms with Crippen LogP contribution in [-0.4, -0.2) is 85.4 Å². The van der Waals surface area contributed by atoms with Crippen molar-refractivity contribution in [3.05, 3.63) is 75.0 Å². The van der Waals surface area contributed by atoms with Crippen molar-refractivity contribution in [1.82, 2.24) is 20.1 Å². The predicted octanol–water partition coefficient (Wildman–Crippen LogP) is 0.123. The molecule has 3 heterocycles. The lowest BCUT2D eigenvalue weighted by Gasteiger charge is -2.44. The van der Waals surface area contributed by atoms with Gasteiger partial charge in [-0.1, -0.05) is 36.4 Å². The van der Waals surface area contributed by atoms with Crippen LogP contribution in [0.5, 0.6) is 5.75 Å². The van der Waals surface area contributed by atoms with E-state index >= 15 is 0 Å². The third-order valence-electron chi connectivity index (χ3n) is 7.62. The Hall–Kier alpha value is -5.16. The van der Waals surface area contributed by atoms with Gasteiger partial charge >= 0.3 is 17.9 Å². The van der Waals surface area contributed by atoms with E-state index in [9.17, 15) is 43.8 Å². The van der Waals surface area contributed by atoms with Gasteiger partial charge in [-0.05, 0) is 31.5 Å². The molecule has 2 aliphatic rings. The Labute approximate surface area is 263 Å². The number of aliphatic carboxylic acids is 1. The second-order valence-corrected chi connectivity index (χ2v) is 12.6. The Kier molecular flexibility index (Phi) is 8.64. The molecule has 0 bridgehead atoms. The molecule has 2 unspecified atom stereocenters. The number of aliphatic hydroxyl groups is 1. The zero-order valence-electron chi connectivity index (χ0n) is 24.5. The summed E-state index contributed by atoms with van der Waals surface area (Å²) in [6, 6.07) is 6.13. The van der Waals surface area contributed by atoms with Gasteiger partial charge in [-0.15, -0.1) is 11.8 Å². The van der Waals surface area contributed by atoms with Crippen LogP contribution in [0.1, 0.15) is 31.5 Å². The van der Waals surface area contributed by atoms with Gasteiger partial charge in [0.15, 0.2) is 11.3 Å². The minimum Gasteiger partial charge on any atom is -0.480 e. The molecule has 0 spiro atoms. The monoisotopic (exact) mass is 656 g/mol. The van der Waals surface area contributed by atoms with Crippen LogP contribution in [0.4, 0.5) is 4.79 Å². The smallest absolute Gasteiger partial charge is 0.480 e. The van der Waals surface area contributed by atoms with Crippen molar-refractivity contribution in [3.8, 4) is 5.75 Å². The number of rotatable bonds is 9. The number of nitrogens with zero attached hydrogens (tertiary/aromatic N) is 2. The molecule has 2 aromatic carbocycles. The lowest BCUT2D eigenvalue weighted by Crippen LogP contribution is -2.71. The number of ether oxygens (including phenoxy) is 2. The van der Waals surface area contributed by atoms with Gasteiger partial charge in [-0.2, -0.15) is 0 Å². The molecule has 242 valence electrons. The molecule has 5 atom stereocenters. The highest BCUT2D eigenvalue weighted by molar-refractivity contribution is 8.01. The van der Waals surface area contributed by atoms with Crippen molar-refractivity contribution in [2.75, 3.05) is 13.7 Å². The van der Waals surface area contributed by atoms with E-state index in [2.05, 4.69) is 15.4 Å².